The molecule has 2 aromatic carbocycles. The lowest BCUT2D eigenvalue weighted by Crippen LogP contribution is -2.31. The van der Waals surface area contributed by atoms with Gasteiger partial charge in [-0.25, -0.2) is 4.98 Å². The molecule has 1 amide bonds. The van der Waals surface area contributed by atoms with Crippen LogP contribution in [0.2, 0.25) is 0 Å². The van der Waals surface area contributed by atoms with Crippen molar-refractivity contribution in [3.05, 3.63) is 54.1 Å². The fourth-order valence-electron chi connectivity index (χ4n) is 2.62. The Morgan fingerprint density at radius 3 is 2.39 bits per heavy atom. The first-order valence-electron chi connectivity index (χ1n) is 7.94. The van der Waals surface area contributed by atoms with Gasteiger partial charge in [0, 0.05) is 18.7 Å². The molecule has 1 heterocycles. The normalized spacial score (nSPS) is 10.9. The second-order valence-electron chi connectivity index (χ2n) is 5.43. The molecule has 0 unspecified atom stereocenters. The van der Waals surface area contributed by atoms with Gasteiger partial charge in [0.25, 0.3) is 0 Å². The number of nitrogens with zero attached hydrogens (tertiary/aromatic N) is 2. The number of para-hydroxylation sites is 1. The quantitative estimate of drug-likeness (QED) is 0.698. The van der Waals surface area contributed by atoms with E-state index in [-0.39, 0.29) is 5.91 Å². The van der Waals surface area contributed by atoms with E-state index < -0.39 is 0 Å². The molecule has 4 heteroatoms. The van der Waals surface area contributed by atoms with Crippen LogP contribution in [0.3, 0.4) is 0 Å². The fourth-order valence-corrected chi connectivity index (χ4v) is 3.59. The molecule has 0 aliphatic carbocycles. The second kappa shape index (κ2) is 6.92. The number of hydrogen-bond donors (Lipinski definition) is 0. The van der Waals surface area contributed by atoms with Crippen LogP contribution in [0.25, 0.3) is 20.8 Å². The van der Waals surface area contributed by atoms with Gasteiger partial charge < -0.3 is 4.90 Å². The lowest BCUT2D eigenvalue weighted by molar-refractivity contribution is -0.130. The molecule has 3 nitrogen and oxygen atoms in total. The van der Waals surface area contributed by atoms with Crippen LogP contribution >= 0.6 is 11.3 Å². The molecule has 0 N–H and O–H groups in total. The molecule has 0 bridgehead atoms. The predicted octanol–water partition coefficient (Wildman–Crippen LogP) is 4.37. The number of thiazole rings is 1. The first-order valence-corrected chi connectivity index (χ1v) is 8.75. The summed E-state index contributed by atoms with van der Waals surface area (Å²) in [6, 6.07) is 16.3. The van der Waals surface area contributed by atoms with Crippen LogP contribution in [0.1, 0.15) is 19.4 Å². The minimum atomic E-state index is 0.183. The van der Waals surface area contributed by atoms with E-state index in [1.165, 1.54) is 4.70 Å². The number of aromatic nitrogens is 1. The summed E-state index contributed by atoms with van der Waals surface area (Å²) in [5.41, 5.74) is 3.19. The van der Waals surface area contributed by atoms with Crippen LogP contribution in [0, 0.1) is 0 Å². The van der Waals surface area contributed by atoms with Crippen molar-refractivity contribution in [2.24, 2.45) is 0 Å². The van der Waals surface area contributed by atoms with Gasteiger partial charge in [-0.2, -0.15) is 0 Å². The third kappa shape index (κ3) is 3.42. The summed E-state index contributed by atoms with van der Waals surface area (Å²) < 4.78 is 1.20. The number of benzene rings is 2. The third-order valence-electron chi connectivity index (χ3n) is 3.97. The van der Waals surface area contributed by atoms with Crippen molar-refractivity contribution in [1.82, 2.24) is 9.88 Å². The van der Waals surface area contributed by atoms with Gasteiger partial charge in [0.1, 0.15) is 5.01 Å². The fraction of sp³-hybridized carbons (Fsp3) is 0.263. The maximum absolute atomic E-state index is 12.2. The van der Waals surface area contributed by atoms with Gasteiger partial charge in [-0.1, -0.05) is 36.4 Å². The predicted molar refractivity (Wildman–Crippen MR) is 96.7 cm³/mol. The van der Waals surface area contributed by atoms with Crippen molar-refractivity contribution in [2.75, 3.05) is 13.1 Å². The Morgan fingerprint density at radius 2 is 1.74 bits per heavy atom. The lowest BCUT2D eigenvalue weighted by atomic mass is 10.1. The summed E-state index contributed by atoms with van der Waals surface area (Å²) in [4.78, 5) is 18.7. The zero-order chi connectivity index (χ0) is 16.2. The molecule has 0 fully saturated rings. The highest BCUT2D eigenvalue weighted by Gasteiger charge is 2.11. The minimum absolute atomic E-state index is 0.183. The van der Waals surface area contributed by atoms with E-state index in [9.17, 15) is 4.79 Å². The molecule has 118 valence electrons. The third-order valence-corrected chi connectivity index (χ3v) is 5.05. The van der Waals surface area contributed by atoms with Crippen molar-refractivity contribution >= 4 is 27.5 Å². The van der Waals surface area contributed by atoms with Crippen LogP contribution in [0.5, 0.6) is 0 Å². The van der Waals surface area contributed by atoms with Gasteiger partial charge in [0.2, 0.25) is 5.91 Å². The highest BCUT2D eigenvalue weighted by Crippen LogP contribution is 2.30. The standard InChI is InChI=1S/C19H20N2OS/c1-3-21(4-2)18(22)13-14-9-11-15(12-10-14)19-20-16-7-5-6-8-17(16)23-19/h5-12H,3-4,13H2,1-2H3. The highest BCUT2D eigenvalue weighted by molar-refractivity contribution is 7.21. The average molecular weight is 324 g/mol. The number of likely N-dealkylation sites (N-methyl/N-ethyl adjacent to an activating group) is 1. The van der Waals surface area contributed by atoms with E-state index >= 15 is 0 Å². The van der Waals surface area contributed by atoms with Crippen molar-refractivity contribution < 1.29 is 4.79 Å². The smallest absolute Gasteiger partial charge is 0.226 e. The van der Waals surface area contributed by atoms with Gasteiger partial charge in [0.05, 0.1) is 16.6 Å². The van der Waals surface area contributed by atoms with Crippen LogP contribution in [0.4, 0.5) is 0 Å². The Labute approximate surface area is 140 Å². The minimum Gasteiger partial charge on any atom is -0.343 e. The molecule has 1 aromatic heterocycles. The molecule has 0 atom stereocenters. The van der Waals surface area contributed by atoms with Crippen molar-refractivity contribution in [3.8, 4) is 10.6 Å². The molecule has 0 spiro atoms. The summed E-state index contributed by atoms with van der Waals surface area (Å²) >= 11 is 1.70. The zero-order valence-electron chi connectivity index (χ0n) is 13.5. The lowest BCUT2D eigenvalue weighted by Gasteiger charge is -2.18. The van der Waals surface area contributed by atoms with Crippen molar-refractivity contribution in [3.63, 3.8) is 0 Å². The molecular weight excluding hydrogens is 304 g/mol. The zero-order valence-corrected chi connectivity index (χ0v) is 14.3. The van der Waals surface area contributed by atoms with Gasteiger partial charge in [0.15, 0.2) is 0 Å². The number of rotatable bonds is 5. The topological polar surface area (TPSA) is 33.2 Å². The SMILES string of the molecule is CCN(CC)C(=O)Cc1ccc(-c2nc3ccccc3s2)cc1. The molecule has 0 saturated carbocycles. The number of carbonyl (C=O) groups excluding carboxylic acids is 1. The summed E-state index contributed by atoms with van der Waals surface area (Å²) in [5.74, 6) is 0.183. The van der Waals surface area contributed by atoms with Crippen LogP contribution in [-0.2, 0) is 11.2 Å². The molecular formula is C19H20N2OS. The number of fused-ring (bicyclic) bond motifs is 1. The van der Waals surface area contributed by atoms with Gasteiger partial charge >= 0.3 is 0 Å². The number of carbonyl (C=O) groups is 1. The monoisotopic (exact) mass is 324 g/mol. The Balaban J connectivity index is 1.78. The first kappa shape index (κ1) is 15.7. The van der Waals surface area contributed by atoms with E-state index in [0.717, 1.165) is 34.7 Å². The molecule has 0 aliphatic rings. The maximum atomic E-state index is 12.2. The van der Waals surface area contributed by atoms with E-state index in [0.29, 0.717) is 6.42 Å². The molecule has 23 heavy (non-hydrogen) atoms. The Bertz CT molecular complexity index is 771. The molecule has 3 rings (SSSR count). The van der Waals surface area contributed by atoms with Crippen LogP contribution in [-0.4, -0.2) is 28.9 Å². The second-order valence-corrected chi connectivity index (χ2v) is 6.46. The van der Waals surface area contributed by atoms with Gasteiger partial charge in [-0.05, 0) is 31.5 Å². The Hall–Kier alpha value is -2.20. The largest absolute Gasteiger partial charge is 0.343 e. The van der Waals surface area contributed by atoms with E-state index in [2.05, 4.69) is 23.2 Å². The van der Waals surface area contributed by atoms with Crippen molar-refractivity contribution in [2.45, 2.75) is 20.3 Å². The number of amides is 1. The summed E-state index contributed by atoms with van der Waals surface area (Å²) in [6.07, 6.45) is 0.460. The molecule has 0 radical (unpaired) electrons. The van der Waals surface area contributed by atoms with Crippen molar-refractivity contribution in [1.29, 1.82) is 0 Å². The molecule has 3 aromatic rings. The Kier molecular flexibility index (Phi) is 4.72. The average Bonchev–Trinajstić information content (AvgIpc) is 3.00. The van der Waals surface area contributed by atoms with Gasteiger partial charge in [-0.15, -0.1) is 11.3 Å². The van der Waals surface area contributed by atoms with Crippen LogP contribution < -0.4 is 0 Å². The summed E-state index contributed by atoms with van der Waals surface area (Å²) in [6.45, 7) is 5.55. The maximum Gasteiger partial charge on any atom is 0.226 e. The highest BCUT2D eigenvalue weighted by atomic mass is 32.1. The van der Waals surface area contributed by atoms with Crippen LogP contribution in [0.15, 0.2) is 48.5 Å². The van der Waals surface area contributed by atoms with E-state index in [4.69, 9.17) is 0 Å². The summed E-state index contributed by atoms with van der Waals surface area (Å²) in [5, 5.41) is 1.02. The van der Waals surface area contributed by atoms with E-state index in [1.54, 1.807) is 11.3 Å². The van der Waals surface area contributed by atoms with Gasteiger partial charge in [-0.3, -0.25) is 4.79 Å². The summed E-state index contributed by atoms with van der Waals surface area (Å²) in [7, 11) is 0. The molecule has 0 saturated heterocycles. The Morgan fingerprint density at radius 1 is 1.04 bits per heavy atom. The number of hydrogen-bond acceptors (Lipinski definition) is 3. The van der Waals surface area contributed by atoms with E-state index in [1.807, 2.05) is 49.1 Å². The molecule has 0 aliphatic heterocycles. The first-order chi connectivity index (χ1) is 11.2.